The van der Waals surface area contributed by atoms with Gasteiger partial charge < -0.3 is 15.4 Å². The Morgan fingerprint density at radius 2 is 1.70 bits per heavy atom. The van der Waals surface area contributed by atoms with Gasteiger partial charge in [0.15, 0.2) is 5.96 Å². The van der Waals surface area contributed by atoms with E-state index in [4.69, 9.17) is 4.74 Å². The van der Waals surface area contributed by atoms with E-state index in [1.54, 1.807) is 14.2 Å². The fourth-order valence-corrected chi connectivity index (χ4v) is 5.39. The number of imide groups is 1. The van der Waals surface area contributed by atoms with Gasteiger partial charge in [0.25, 0.3) is 0 Å². The van der Waals surface area contributed by atoms with Gasteiger partial charge >= 0.3 is 0 Å². The first-order chi connectivity index (χ1) is 15.6. The van der Waals surface area contributed by atoms with Gasteiger partial charge in [-0.25, -0.2) is 0 Å². The van der Waals surface area contributed by atoms with Gasteiger partial charge in [0.2, 0.25) is 11.8 Å². The van der Waals surface area contributed by atoms with E-state index in [1.165, 1.54) is 4.90 Å². The molecule has 1 saturated heterocycles. The van der Waals surface area contributed by atoms with Crippen molar-refractivity contribution in [3.05, 3.63) is 54.1 Å². The maximum atomic E-state index is 12.8. The van der Waals surface area contributed by atoms with Gasteiger partial charge in [-0.2, -0.15) is 0 Å². The van der Waals surface area contributed by atoms with Crippen molar-refractivity contribution in [2.75, 3.05) is 27.2 Å². The monoisotopic (exact) mass is 560 g/mol. The number of benzene rings is 2. The molecule has 5 rings (SSSR count). The predicted molar refractivity (Wildman–Crippen MR) is 139 cm³/mol. The SMILES string of the molecule is CN=C(NCCN1C(=O)C2C3C=CC(C3)C2C1=O)NCc1ccc2cc(OC)ccc2c1.I. The maximum Gasteiger partial charge on any atom is 0.233 e. The molecule has 0 radical (unpaired) electrons. The summed E-state index contributed by atoms with van der Waals surface area (Å²) in [5.41, 5.74) is 1.13. The molecule has 1 aliphatic heterocycles. The molecule has 8 heteroatoms. The number of carbonyl (C=O) groups is 2. The van der Waals surface area contributed by atoms with Gasteiger partial charge in [-0.15, -0.1) is 24.0 Å². The van der Waals surface area contributed by atoms with Crippen molar-refractivity contribution in [3.63, 3.8) is 0 Å². The first-order valence-electron chi connectivity index (χ1n) is 11.1. The van der Waals surface area contributed by atoms with Crippen LogP contribution in [0.25, 0.3) is 10.8 Å². The first kappa shape index (κ1) is 23.5. The molecule has 2 aliphatic carbocycles. The summed E-state index contributed by atoms with van der Waals surface area (Å²) in [6.45, 7) is 1.45. The molecule has 2 aromatic rings. The maximum absolute atomic E-state index is 12.8. The number of nitrogens with one attached hydrogen (secondary N) is 2. The van der Waals surface area contributed by atoms with Gasteiger partial charge in [-0.05, 0) is 52.8 Å². The highest BCUT2D eigenvalue weighted by Gasteiger charge is 2.58. The van der Waals surface area contributed by atoms with Crippen molar-refractivity contribution in [1.29, 1.82) is 0 Å². The van der Waals surface area contributed by atoms with Gasteiger partial charge in [0.1, 0.15) is 5.75 Å². The van der Waals surface area contributed by atoms with Crippen molar-refractivity contribution >= 4 is 52.5 Å². The molecule has 3 aliphatic rings. The number of fused-ring (bicyclic) bond motifs is 6. The number of rotatable bonds is 6. The van der Waals surface area contributed by atoms with Crippen molar-refractivity contribution < 1.29 is 14.3 Å². The van der Waals surface area contributed by atoms with Crippen molar-refractivity contribution in [3.8, 4) is 5.75 Å². The molecule has 7 nitrogen and oxygen atoms in total. The Hall–Kier alpha value is -2.62. The smallest absolute Gasteiger partial charge is 0.233 e. The molecule has 0 aromatic heterocycles. The zero-order valence-electron chi connectivity index (χ0n) is 18.8. The molecule has 2 bridgehead atoms. The lowest BCUT2D eigenvalue weighted by atomic mass is 9.85. The zero-order chi connectivity index (χ0) is 22.2. The molecular formula is C25H29IN4O3. The molecule has 2 fully saturated rings. The third-order valence-electron chi connectivity index (χ3n) is 6.98. The molecule has 4 unspecified atom stereocenters. The lowest BCUT2D eigenvalue weighted by Crippen LogP contribution is -2.43. The van der Waals surface area contributed by atoms with E-state index in [9.17, 15) is 9.59 Å². The Morgan fingerprint density at radius 3 is 2.36 bits per heavy atom. The number of halogens is 1. The van der Waals surface area contributed by atoms with Gasteiger partial charge in [-0.3, -0.25) is 19.5 Å². The molecular weight excluding hydrogens is 531 g/mol. The lowest BCUT2D eigenvalue weighted by molar-refractivity contribution is -0.140. The molecule has 2 amide bonds. The van der Waals surface area contributed by atoms with Crippen LogP contribution in [0.3, 0.4) is 0 Å². The van der Waals surface area contributed by atoms with E-state index >= 15 is 0 Å². The molecule has 174 valence electrons. The highest BCUT2D eigenvalue weighted by molar-refractivity contribution is 14.0. The van der Waals surface area contributed by atoms with Crippen LogP contribution in [0.5, 0.6) is 5.75 Å². The quantitative estimate of drug-likeness (QED) is 0.187. The van der Waals surface area contributed by atoms with E-state index < -0.39 is 0 Å². The summed E-state index contributed by atoms with van der Waals surface area (Å²) in [7, 11) is 3.38. The van der Waals surface area contributed by atoms with Crippen LogP contribution in [0.4, 0.5) is 0 Å². The van der Waals surface area contributed by atoms with Crippen LogP contribution < -0.4 is 15.4 Å². The minimum absolute atomic E-state index is 0. The average Bonchev–Trinajstić information content (AvgIpc) is 3.50. The summed E-state index contributed by atoms with van der Waals surface area (Å²) < 4.78 is 5.28. The number of nitrogens with zero attached hydrogens (tertiary/aromatic N) is 2. The minimum Gasteiger partial charge on any atom is -0.497 e. The molecule has 4 atom stereocenters. The third kappa shape index (κ3) is 4.32. The fourth-order valence-electron chi connectivity index (χ4n) is 5.39. The highest BCUT2D eigenvalue weighted by atomic mass is 127. The summed E-state index contributed by atoms with van der Waals surface area (Å²) >= 11 is 0. The van der Waals surface area contributed by atoms with Crippen LogP contribution in [0.15, 0.2) is 53.5 Å². The fraction of sp³-hybridized carbons (Fsp3) is 0.400. The normalized spacial score (nSPS) is 25.4. The van der Waals surface area contributed by atoms with Gasteiger partial charge in [0, 0.05) is 26.7 Å². The number of likely N-dealkylation sites (tertiary alicyclic amines) is 1. The van der Waals surface area contributed by atoms with Crippen LogP contribution in [-0.2, 0) is 16.1 Å². The number of hydrogen-bond donors (Lipinski definition) is 2. The second kappa shape index (κ2) is 9.70. The summed E-state index contributed by atoms with van der Waals surface area (Å²) in [6, 6.07) is 12.3. The second-order valence-electron chi connectivity index (χ2n) is 8.73. The average molecular weight is 560 g/mol. The minimum atomic E-state index is -0.136. The number of amides is 2. The van der Waals surface area contributed by atoms with E-state index in [-0.39, 0.29) is 59.5 Å². The van der Waals surface area contributed by atoms with Crippen molar-refractivity contribution in [2.45, 2.75) is 13.0 Å². The van der Waals surface area contributed by atoms with Crippen LogP contribution in [-0.4, -0.2) is 49.9 Å². The summed E-state index contributed by atoms with van der Waals surface area (Å²) in [6.07, 6.45) is 5.19. The van der Waals surface area contributed by atoms with E-state index in [0.29, 0.717) is 25.6 Å². The second-order valence-corrected chi connectivity index (χ2v) is 8.73. The summed E-state index contributed by atoms with van der Waals surface area (Å²) in [5, 5.41) is 8.80. The molecule has 1 heterocycles. The molecule has 0 spiro atoms. The highest BCUT2D eigenvalue weighted by Crippen LogP contribution is 2.52. The molecule has 1 saturated carbocycles. The molecule has 2 aromatic carbocycles. The van der Waals surface area contributed by atoms with E-state index in [0.717, 1.165) is 28.5 Å². The zero-order valence-corrected chi connectivity index (χ0v) is 21.1. The Morgan fingerprint density at radius 1 is 1.03 bits per heavy atom. The predicted octanol–water partition coefficient (Wildman–Crippen LogP) is 2.94. The lowest BCUT2D eigenvalue weighted by Gasteiger charge is -2.18. The van der Waals surface area contributed by atoms with Crippen LogP contribution in [0.2, 0.25) is 0 Å². The Bertz CT molecular complexity index is 1100. The first-order valence-corrected chi connectivity index (χ1v) is 11.1. The van der Waals surface area contributed by atoms with Gasteiger partial charge in [-0.1, -0.05) is 30.4 Å². The number of allylic oxidation sites excluding steroid dienone is 2. The van der Waals surface area contributed by atoms with Crippen molar-refractivity contribution in [1.82, 2.24) is 15.5 Å². The van der Waals surface area contributed by atoms with E-state index in [1.807, 2.05) is 18.2 Å². The molecule has 33 heavy (non-hydrogen) atoms. The summed E-state index contributed by atoms with van der Waals surface area (Å²) in [4.78, 5) is 31.3. The van der Waals surface area contributed by atoms with Gasteiger partial charge in [0.05, 0.1) is 18.9 Å². The topological polar surface area (TPSA) is 83.0 Å². The Balaban J connectivity index is 0.00000259. The number of hydrogen-bond acceptors (Lipinski definition) is 4. The number of ether oxygens (including phenoxy) is 1. The van der Waals surface area contributed by atoms with Crippen LogP contribution in [0.1, 0.15) is 12.0 Å². The Kier molecular flexibility index (Phi) is 6.92. The number of carbonyl (C=O) groups excluding carboxylic acids is 2. The van der Waals surface area contributed by atoms with Crippen LogP contribution >= 0.6 is 24.0 Å². The van der Waals surface area contributed by atoms with E-state index in [2.05, 4.69) is 46.0 Å². The summed E-state index contributed by atoms with van der Waals surface area (Å²) in [5.74, 6) is 1.69. The van der Waals surface area contributed by atoms with Crippen LogP contribution in [0, 0.1) is 23.7 Å². The Labute approximate surface area is 210 Å². The van der Waals surface area contributed by atoms with Crippen molar-refractivity contribution in [2.24, 2.45) is 28.7 Å². The largest absolute Gasteiger partial charge is 0.497 e. The number of guanidine groups is 1. The number of methoxy groups -OCH3 is 1. The third-order valence-corrected chi connectivity index (χ3v) is 6.98. The standard InChI is InChI=1S/C25H28N4O3.HI/c1-26-25(28-14-15-3-4-17-13-20(32-2)8-7-16(17)11-15)27-9-10-29-23(30)21-18-5-6-19(12-18)22(21)24(29)31;/h3-8,11,13,18-19,21-22H,9-10,12,14H2,1-2H3,(H2,26,27,28);1H. The number of aliphatic imine (C=N–C) groups is 1. The molecule has 2 N–H and O–H groups in total.